The first-order valence-electron chi connectivity index (χ1n) is 3.92. The summed E-state index contributed by atoms with van der Waals surface area (Å²) >= 11 is 1.08. The summed E-state index contributed by atoms with van der Waals surface area (Å²) in [6.45, 7) is 0. The molecule has 6 heteroatoms. The molecule has 0 aromatic carbocycles. The molecule has 0 unspecified atom stereocenters. The second-order valence-electron chi connectivity index (χ2n) is 2.60. The summed E-state index contributed by atoms with van der Waals surface area (Å²) in [6, 6.07) is 1.38. The van der Waals surface area contributed by atoms with E-state index in [2.05, 4.69) is 19.0 Å². The number of hydrogen-bond acceptors (Lipinski definition) is 5. The molecule has 0 aliphatic heterocycles. The van der Waals surface area contributed by atoms with E-state index in [1.165, 1.54) is 6.07 Å². The van der Waals surface area contributed by atoms with Crippen LogP contribution in [0.3, 0.4) is 0 Å². The van der Waals surface area contributed by atoms with Gasteiger partial charge in [0.15, 0.2) is 5.82 Å². The fourth-order valence-corrected chi connectivity index (χ4v) is 1.66. The highest BCUT2D eigenvalue weighted by Crippen LogP contribution is 2.24. The number of nitrogens with zero attached hydrogens (tertiary/aromatic N) is 3. The van der Waals surface area contributed by atoms with Gasteiger partial charge in [-0.15, -0.1) is 0 Å². The third-order valence-corrected chi connectivity index (χ3v) is 2.23. The van der Waals surface area contributed by atoms with Crippen molar-refractivity contribution in [3.8, 4) is 11.3 Å². The molecule has 0 amide bonds. The lowest BCUT2D eigenvalue weighted by molar-refractivity contribution is 0.622. The van der Waals surface area contributed by atoms with Crippen LogP contribution < -0.4 is 5.32 Å². The topological polar surface area (TPSA) is 50.7 Å². The maximum Gasteiger partial charge on any atom is 0.167 e. The molecule has 0 spiro atoms. The number of halogens is 1. The molecule has 0 saturated carbocycles. The first-order valence-corrected chi connectivity index (χ1v) is 4.65. The first-order chi connectivity index (χ1) is 6.81. The summed E-state index contributed by atoms with van der Waals surface area (Å²) in [5, 5.41) is 2.88. The molecule has 0 radical (unpaired) electrons. The van der Waals surface area contributed by atoms with Gasteiger partial charge in [0.05, 0.1) is 17.9 Å². The quantitative estimate of drug-likeness (QED) is 0.820. The van der Waals surface area contributed by atoms with Crippen molar-refractivity contribution in [3.63, 3.8) is 0 Å². The SMILES string of the molecule is CNc1nsnc1-c1cncc(F)c1. The monoisotopic (exact) mass is 210 g/mol. The fraction of sp³-hybridized carbons (Fsp3) is 0.125. The van der Waals surface area contributed by atoms with E-state index >= 15 is 0 Å². The lowest BCUT2D eigenvalue weighted by Gasteiger charge is -1.98. The van der Waals surface area contributed by atoms with Gasteiger partial charge in [0.1, 0.15) is 11.5 Å². The van der Waals surface area contributed by atoms with Gasteiger partial charge in [-0.3, -0.25) is 4.98 Å². The van der Waals surface area contributed by atoms with E-state index in [4.69, 9.17) is 0 Å². The second-order valence-corrected chi connectivity index (χ2v) is 3.13. The van der Waals surface area contributed by atoms with Crippen molar-refractivity contribution in [2.45, 2.75) is 0 Å². The van der Waals surface area contributed by atoms with Crippen molar-refractivity contribution in [1.29, 1.82) is 0 Å². The van der Waals surface area contributed by atoms with Crippen molar-refractivity contribution in [2.24, 2.45) is 0 Å². The molecular weight excluding hydrogens is 203 g/mol. The fourth-order valence-electron chi connectivity index (χ4n) is 1.08. The zero-order chi connectivity index (χ0) is 9.97. The van der Waals surface area contributed by atoms with Crippen molar-refractivity contribution >= 4 is 17.5 Å². The zero-order valence-corrected chi connectivity index (χ0v) is 8.18. The van der Waals surface area contributed by atoms with Gasteiger partial charge in [0.25, 0.3) is 0 Å². The Bertz CT molecular complexity index is 442. The van der Waals surface area contributed by atoms with Crippen molar-refractivity contribution in [1.82, 2.24) is 13.7 Å². The molecule has 0 aliphatic rings. The van der Waals surface area contributed by atoms with Crippen LogP contribution in [0.15, 0.2) is 18.5 Å². The molecule has 14 heavy (non-hydrogen) atoms. The highest BCUT2D eigenvalue weighted by atomic mass is 32.1. The summed E-state index contributed by atoms with van der Waals surface area (Å²) in [4.78, 5) is 3.75. The van der Waals surface area contributed by atoms with E-state index in [1.54, 1.807) is 13.2 Å². The summed E-state index contributed by atoms with van der Waals surface area (Å²) in [5.74, 6) is 0.264. The minimum Gasteiger partial charge on any atom is -0.370 e. The van der Waals surface area contributed by atoms with E-state index < -0.39 is 0 Å². The van der Waals surface area contributed by atoms with Crippen LogP contribution in [0.1, 0.15) is 0 Å². The van der Waals surface area contributed by atoms with Gasteiger partial charge in [-0.1, -0.05) is 0 Å². The zero-order valence-electron chi connectivity index (χ0n) is 7.36. The molecular formula is C8H7FN4S. The summed E-state index contributed by atoms with van der Waals surface area (Å²) in [6.07, 6.45) is 2.71. The van der Waals surface area contributed by atoms with E-state index in [9.17, 15) is 4.39 Å². The maximum atomic E-state index is 12.9. The predicted molar refractivity (Wildman–Crippen MR) is 52.6 cm³/mol. The Hall–Kier alpha value is -1.56. The number of pyridine rings is 1. The predicted octanol–water partition coefficient (Wildman–Crippen LogP) is 1.78. The highest BCUT2D eigenvalue weighted by Gasteiger charge is 2.09. The Morgan fingerprint density at radius 2 is 2.21 bits per heavy atom. The van der Waals surface area contributed by atoms with Crippen molar-refractivity contribution in [2.75, 3.05) is 12.4 Å². The highest BCUT2D eigenvalue weighted by molar-refractivity contribution is 6.99. The molecule has 1 N–H and O–H groups in total. The summed E-state index contributed by atoms with van der Waals surface area (Å²) in [5.41, 5.74) is 1.26. The molecule has 4 nitrogen and oxygen atoms in total. The molecule has 2 rings (SSSR count). The molecule has 0 atom stereocenters. The number of aromatic nitrogens is 3. The molecule has 0 bridgehead atoms. The number of rotatable bonds is 2. The van der Waals surface area contributed by atoms with E-state index in [1.807, 2.05) is 0 Å². The number of anilines is 1. The first kappa shape index (κ1) is 9.01. The van der Waals surface area contributed by atoms with Gasteiger partial charge >= 0.3 is 0 Å². The van der Waals surface area contributed by atoms with Crippen LogP contribution >= 0.6 is 11.7 Å². The number of nitrogens with one attached hydrogen (secondary N) is 1. The molecule has 2 aromatic heterocycles. The molecule has 0 aliphatic carbocycles. The standard InChI is InChI=1S/C8H7FN4S/c1-10-8-7(12-14-13-8)5-2-6(9)4-11-3-5/h2-4H,1H3,(H,10,13). The van der Waals surface area contributed by atoms with Gasteiger partial charge in [-0.2, -0.15) is 8.75 Å². The molecule has 0 saturated heterocycles. The summed E-state index contributed by atoms with van der Waals surface area (Å²) < 4.78 is 20.9. The van der Waals surface area contributed by atoms with Crippen LogP contribution in [0.5, 0.6) is 0 Å². The molecule has 0 fully saturated rings. The molecule has 72 valence electrons. The van der Waals surface area contributed by atoms with E-state index in [0.29, 0.717) is 17.1 Å². The Morgan fingerprint density at radius 3 is 2.93 bits per heavy atom. The van der Waals surface area contributed by atoms with Crippen LogP contribution in [0, 0.1) is 5.82 Å². The minimum atomic E-state index is -0.377. The van der Waals surface area contributed by atoms with Crippen LogP contribution in [-0.4, -0.2) is 20.8 Å². The minimum absolute atomic E-state index is 0.377. The Morgan fingerprint density at radius 1 is 1.36 bits per heavy atom. The lowest BCUT2D eigenvalue weighted by Crippen LogP contribution is -1.91. The van der Waals surface area contributed by atoms with Gasteiger partial charge < -0.3 is 5.32 Å². The van der Waals surface area contributed by atoms with Gasteiger partial charge in [0, 0.05) is 18.8 Å². The van der Waals surface area contributed by atoms with E-state index in [0.717, 1.165) is 17.9 Å². The van der Waals surface area contributed by atoms with Crippen molar-refractivity contribution in [3.05, 3.63) is 24.3 Å². The Labute approximate surface area is 84.2 Å². The van der Waals surface area contributed by atoms with Crippen molar-refractivity contribution < 1.29 is 4.39 Å². The van der Waals surface area contributed by atoms with Crippen LogP contribution in [0.25, 0.3) is 11.3 Å². The van der Waals surface area contributed by atoms with Crippen LogP contribution in [0.4, 0.5) is 10.2 Å². The largest absolute Gasteiger partial charge is 0.370 e. The van der Waals surface area contributed by atoms with Gasteiger partial charge in [0.2, 0.25) is 0 Å². The van der Waals surface area contributed by atoms with Gasteiger partial charge in [-0.25, -0.2) is 4.39 Å². The Kier molecular flexibility index (Phi) is 2.36. The van der Waals surface area contributed by atoms with Crippen LogP contribution in [-0.2, 0) is 0 Å². The molecule has 2 heterocycles. The average molecular weight is 210 g/mol. The second kappa shape index (κ2) is 3.67. The third-order valence-electron chi connectivity index (χ3n) is 1.70. The molecule has 2 aromatic rings. The normalized spacial score (nSPS) is 10.1. The van der Waals surface area contributed by atoms with Crippen LogP contribution in [0.2, 0.25) is 0 Å². The smallest absolute Gasteiger partial charge is 0.167 e. The third kappa shape index (κ3) is 1.56. The lowest BCUT2D eigenvalue weighted by atomic mass is 10.2. The summed E-state index contributed by atoms with van der Waals surface area (Å²) in [7, 11) is 1.74. The number of hydrogen-bond donors (Lipinski definition) is 1. The van der Waals surface area contributed by atoms with Gasteiger partial charge in [-0.05, 0) is 6.07 Å². The Balaban J connectivity index is 2.49. The van der Waals surface area contributed by atoms with E-state index in [-0.39, 0.29) is 5.82 Å². The average Bonchev–Trinajstić information content (AvgIpc) is 2.65. The maximum absolute atomic E-state index is 12.9.